The van der Waals surface area contributed by atoms with Gasteiger partial charge in [0.1, 0.15) is 33.8 Å². The van der Waals surface area contributed by atoms with E-state index in [0.717, 1.165) is 12.1 Å². The average molecular weight is 310 g/mol. The molecule has 0 aliphatic rings. The molecule has 0 saturated carbocycles. The SMILES string of the molecule is CC(C)(C)OC(=O)c1cc(C(=O)OC(C)(C)C)c(O)cc1O. The molecule has 0 radical (unpaired) electrons. The van der Waals surface area contributed by atoms with Crippen molar-refractivity contribution in [3.05, 3.63) is 23.3 Å². The van der Waals surface area contributed by atoms with Crippen LogP contribution in [0.25, 0.3) is 0 Å². The van der Waals surface area contributed by atoms with E-state index in [9.17, 15) is 19.8 Å². The summed E-state index contributed by atoms with van der Waals surface area (Å²) < 4.78 is 10.3. The summed E-state index contributed by atoms with van der Waals surface area (Å²) in [6.45, 7) is 10.1. The highest BCUT2D eigenvalue weighted by Crippen LogP contribution is 2.30. The quantitative estimate of drug-likeness (QED) is 0.816. The molecule has 0 amide bonds. The standard InChI is InChI=1S/C16H22O6/c1-15(2,3)21-13(19)9-7-10(12(18)8-11(9)17)14(20)22-16(4,5)6/h7-8,17-18H,1-6H3. The van der Waals surface area contributed by atoms with E-state index in [4.69, 9.17) is 9.47 Å². The lowest BCUT2D eigenvalue weighted by Crippen LogP contribution is -2.25. The molecule has 0 spiro atoms. The number of benzene rings is 1. The number of phenols is 2. The zero-order valence-electron chi connectivity index (χ0n) is 13.7. The minimum absolute atomic E-state index is 0.214. The molecule has 22 heavy (non-hydrogen) atoms. The van der Waals surface area contributed by atoms with Crippen molar-refractivity contribution in [2.45, 2.75) is 52.7 Å². The van der Waals surface area contributed by atoms with E-state index >= 15 is 0 Å². The van der Waals surface area contributed by atoms with Crippen LogP contribution in [-0.2, 0) is 9.47 Å². The maximum Gasteiger partial charge on any atom is 0.342 e. The van der Waals surface area contributed by atoms with E-state index < -0.39 is 34.6 Å². The van der Waals surface area contributed by atoms with E-state index in [2.05, 4.69) is 0 Å². The van der Waals surface area contributed by atoms with Gasteiger partial charge >= 0.3 is 11.9 Å². The van der Waals surface area contributed by atoms with Gasteiger partial charge in [-0.15, -0.1) is 0 Å². The van der Waals surface area contributed by atoms with Crippen LogP contribution in [0.2, 0.25) is 0 Å². The number of hydrogen-bond acceptors (Lipinski definition) is 6. The van der Waals surface area contributed by atoms with Gasteiger partial charge in [-0.25, -0.2) is 9.59 Å². The number of aromatic hydroxyl groups is 2. The molecule has 122 valence electrons. The molecule has 0 bridgehead atoms. The number of carbonyl (C=O) groups is 2. The van der Waals surface area contributed by atoms with Crippen LogP contribution in [0.1, 0.15) is 62.3 Å². The third kappa shape index (κ3) is 4.95. The van der Waals surface area contributed by atoms with Crippen molar-refractivity contribution in [1.29, 1.82) is 0 Å². The fourth-order valence-corrected chi connectivity index (χ4v) is 1.57. The molecule has 0 fully saturated rings. The Labute approximate surface area is 129 Å². The molecule has 1 rings (SSSR count). The summed E-state index contributed by atoms with van der Waals surface area (Å²) in [5.74, 6) is -2.54. The Morgan fingerprint density at radius 3 is 1.36 bits per heavy atom. The lowest BCUT2D eigenvalue weighted by atomic mass is 10.1. The number of rotatable bonds is 2. The summed E-state index contributed by atoms with van der Waals surface area (Å²) in [6.07, 6.45) is 0. The van der Waals surface area contributed by atoms with Crippen LogP contribution < -0.4 is 0 Å². The van der Waals surface area contributed by atoms with E-state index in [1.807, 2.05) is 0 Å². The highest BCUT2D eigenvalue weighted by molar-refractivity contribution is 5.99. The van der Waals surface area contributed by atoms with E-state index in [-0.39, 0.29) is 11.1 Å². The van der Waals surface area contributed by atoms with Crippen LogP contribution in [0.5, 0.6) is 11.5 Å². The topological polar surface area (TPSA) is 93.1 Å². The van der Waals surface area contributed by atoms with Gasteiger partial charge in [0.2, 0.25) is 0 Å². The van der Waals surface area contributed by atoms with Gasteiger partial charge in [0.15, 0.2) is 0 Å². The Kier molecular flexibility index (Phi) is 4.75. The lowest BCUT2D eigenvalue weighted by Gasteiger charge is -2.21. The summed E-state index contributed by atoms with van der Waals surface area (Å²) in [7, 11) is 0. The summed E-state index contributed by atoms with van der Waals surface area (Å²) >= 11 is 0. The summed E-state index contributed by atoms with van der Waals surface area (Å²) in [4.78, 5) is 24.1. The molecule has 0 heterocycles. The molecule has 0 aliphatic heterocycles. The third-order valence-corrected chi connectivity index (χ3v) is 2.35. The highest BCUT2D eigenvalue weighted by atomic mass is 16.6. The maximum atomic E-state index is 12.0. The molecule has 0 unspecified atom stereocenters. The Bertz CT molecular complexity index is 541. The normalized spacial score (nSPS) is 11.9. The fraction of sp³-hybridized carbons (Fsp3) is 0.500. The first-order valence-electron chi connectivity index (χ1n) is 6.83. The number of ether oxygens (including phenoxy) is 2. The number of carbonyl (C=O) groups excluding carboxylic acids is 2. The minimum atomic E-state index is -0.796. The molecule has 0 atom stereocenters. The first kappa shape index (κ1) is 17.8. The fourth-order valence-electron chi connectivity index (χ4n) is 1.57. The Hall–Kier alpha value is -2.24. The van der Waals surface area contributed by atoms with Gasteiger partial charge in [0.05, 0.1) is 0 Å². The van der Waals surface area contributed by atoms with Crippen LogP contribution in [0, 0.1) is 0 Å². The minimum Gasteiger partial charge on any atom is -0.507 e. The number of esters is 2. The van der Waals surface area contributed by atoms with Gasteiger partial charge in [-0.05, 0) is 47.6 Å². The number of phenolic OH excluding ortho intramolecular Hbond substituents is 2. The van der Waals surface area contributed by atoms with E-state index in [1.165, 1.54) is 0 Å². The van der Waals surface area contributed by atoms with E-state index in [0.29, 0.717) is 0 Å². The van der Waals surface area contributed by atoms with Crippen molar-refractivity contribution in [3.63, 3.8) is 0 Å². The van der Waals surface area contributed by atoms with Gasteiger partial charge in [0.25, 0.3) is 0 Å². The molecular weight excluding hydrogens is 288 g/mol. The summed E-state index contributed by atoms with van der Waals surface area (Å²) in [5, 5.41) is 19.6. The van der Waals surface area contributed by atoms with Crippen molar-refractivity contribution >= 4 is 11.9 Å². The van der Waals surface area contributed by atoms with Gasteiger partial charge in [-0.2, -0.15) is 0 Å². The van der Waals surface area contributed by atoms with Crippen molar-refractivity contribution < 1.29 is 29.3 Å². The predicted molar refractivity (Wildman–Crippen MR) is 80.1 cm³/mol. The molecule has 1 aromatic rings. The number of hydrogen-bond donors (Lipinski definition) is 2. The van der Waals surface area contributed by atoms with Crippen LogP contribution in [0.4, 0.5) is 0 Å². The molecule has 1 aromatic carbocycles. The van der Waals surface area contributed by atoms with Crippen molar-refractivity contribution in [3.8, 4) is 11.5 Å². The second kappa shape index (κ2) is 5.87. The highest BCUT2D eigenvalue weighted by Gasteiger charge is 2.26. The first-order chi connectivity index (χ1) is 9.80. The molecule has 0 aromatic heterocycles. The monoisotopic (exact) mass is 310 g/mol. The first-order valence-corrected chi connectivity index (χ1v) is 6.83. The lowest BCUT2D eigenvalue weighted by molar-refractivity contribution is 0.00652. The van der Waals surface area contributed by atoms with Crippen molar-refractivity contribution in [2.24, 2.45) is 0 Å². The largest absolute Gasteiger partial charge is 0.507 e. The Balaban J connectivity index is 3.20. The summed E-state index contributed by atoms with van der Waals surface area (Å²) in [5.41, 5.74) is -1.94. The zero-order valence-corrected chi connectivity index (χ0v) is 13.7. The zero-order chi connectivity index (χ0) is 17.3. The third-order valence-electron chi connectivity index (χ3n) is 2.35. The van der Waals surface area contributed by atoms with Crippen LogP contribution in [-0.4, -0.2) is 33.4 Å². The Morgan fingerprint density at radius 2 is 1.09 bits per heavy atom. The summed E-state index contributed by atoms with van der Waals surface area (Å²) in [6, 6.07) is 1.98. The smallest absolute Gasteiger partial charge is 0.342 e. The molecule has 0 aliphatic carbocycles. The molecule has 0 saturated heterocycles. The van der Waals surface area contributed by atoms with Crippen molar-refractivity contribution in [2.75, 3.05) is 0 Å². The van der Waals surface area contributed by atoms with Crippen LogP contribution in [0.3, 0.4) is 0 Å². The maximum absolute atomic E-state index is 12.0. The predicted octanol–water partition coefficient (Wildman–Crippen LogP) is 3.01. The van der Waals surface area contributed by atoms with Crippen LogP contribution in [0.15, 0.2) is 12.1 Å². The van der Waals surface area contributed by atoms with Crippen LogP contribution >= 0.6 is 0 Å². The van der Waals surface area contributed by atoms with Gasteiger partial charge in [-0.1, -0.05) is 0 Å². The molecule has 6 nitrogen and oxygen atoms in total. The second-order valence-electron chi connectivity index (χ2n) is 6.89. The van der Waals surface area contributed by atoms with E-state index in [1.54, 1.807) is 41.5 Å². The van der Waals surface area contributed by atoms with Crippen molar-refractivity contribution in [1.82, 2.24) is 0 Å². The molecule has 6 heteroatoms. The molecule has 2 N–H and O–H groups in total. The van der Waals surface area contributed by atoms with Gasteiger partial charge < -0.3 is 19.7 Å². The van der Waals surface area contributed by atoms with Gasteiger partial charge in [0, 0.05) is 6.07 Å². The second-order valence-corrected chi connectivity index (χ2v) is 6.89. The Morgan fingerprint density at radius 1 is 0.773 bits per heavy atom. The molecular formula is C16H22O6. The average Bonchev–Trinajstić information content (AvgIpc) is 2.23. The van der Waals surface area contributed by atoms with Gasteiger partial charge in [-0.3, -0.25) is 0 Å².